The lowest BCUT2D eigenvalue weighted by molar-refractivity contribution is 0.102. The Balaban J connectivity index is 1.82. The van der Waals surface area contributed by atoms with Crippen LogP contribution in [0.15, 0.2) is 48.7 Å². The number of aromatic nitrogens is 3. The molecule has 0 saturated carbocycles. The van der Waals surface area contributed by atoms with Gasteiger partial charge in [0.2, 0.25) is 0 Å². The predicted octanol–water partition coefficient (Wildman–Crippen LogP) is 3.79. The van der Waals surface area contributed by atoms with E-state index in [9.17, 15) is 4.79 Å². The zero-order valence-corrected chi connectivity index (χ0v) is 13.5. The summed E-state index contributed by atoms with van der Waals surface area (Å²) in [5, 5.41) is 7.80. The third-order valence-corrected chi connectivity index (χ3v) is 4.03. The van der Waals surface area contributed by atoms with Crippen molar-refractivity contribution < 1.29 is 4.79 Å². The van der Waals surface area contributed by atoms with Crippen LogP contribution < -0.4 is 5.32 Å². The fourth-order valence-corrected chi connectivity index (χ4v) is 2.37. The van der Waals surface area contributed by atoms with Crippen LogP contribution in [0.3, 0.4) is 0 Å². The Hall–Kier alpha value is -2.66. The van der Waals surface area contributed by atoms with Gasteiger partial charge in [-0.05, 0) is 50.2 Å². The highest BCUT2D eigenvalue weighted by molar-refractivity contribution is 6.31. The fraction of sp³-hybridized carbons (Fsp3) is 0.118. The van der Waals surface area contributed by atoms with Gasteiger partial charge in [0.05, 0.1) is 22.1 Å². The number of rotatable bonds is 3. The van der Waals surface area contributed by atoms with E-state index < -0.39 is 0 Å². The summed E-state index contributed by atoms with van der Waals surface area (Å²) in [5.74, 6) is 0.313. The van der Waals surface area contributed by atoms with Gasteiger partial charge < -0.3 is 5.32 Å². The zero-order chi connectivity index (χ0) is 16.4. The Morgan fingerprint density at radius 2 is 1.87 bits per heavy atom. The summed E-state index contributed by atoms with van der Waals surface area (Å²) in [6.45, 7) is 3.77. The molecule has 0 aliphatic carbocycles. The number of pyridine rings is 1. The van der Waals surface area contributed by atoms with E-state index in [0.29, 0.717) is 16.4 Å². The van der Waals surface area contributed by atoms with E-state index in [4.69, 9.17) is 11.6 Å². The van der Waals surface area contributed by atoms with Crippen molar-refractivity contribution in [2.24, 2.45) is 0 Å². The molecule has 0 fully saturated rings. The third-order valence-electron chi connectivity index (χ3n) is 3.48. The summed E-state index contributed by atoms with van der Waals surface area (Å²) in [4.78, 5) is 16.3. The van der Waals surface area contributed by atoms with Crippen LogP contribution in [0, 0.1) is 13.8 Å². The van der Waals surface area contributed by atoms with Crippen molar-refractivity contribution in [1.82, 2.24) is 14.8 Å². The van der Waals surface area contributed by atoms with Gasteiger partial charge in [0.15, 0.2) is 0 Å². The SMILES string of the molecule is Cc1nn(-c2ccc(C(=O)Nc3ccccn3)cc2)c(C)c1Cl. The normalized spacial score (nSPS) is 10.6. The number of benzene rings is 1. The first-order valence-corrected chi connectivity index (χ1v) is 7.48. The maximum Gasteiger partial charge on any atom is 0.256 e. The molecule has 1 N–H and O–H groups in total. The molecule has 5 nitrogen and oxygen atoms in total. The lowest BCUT2D eigenvalue weighted by atomic mass is 10.2. The van der Waals surface area contributed by atoms with Crippen molar-refractivity contribution in [2.45, 2.75) is 13.8 Å². The second kappa shape index (κ2) is 6.22. The lowest BCUT2D eigenvalue weighted by Crippen LogP contribution is -2.12. The number of halogens is 1. The highest BCUT2D eigenvalue weighted by Crippen LogP contribution is 2.22. The molecule has 0 saturated heterocycles. The van der Waals surface area contributed by atoms with E-state index in [1.165, 1.54) is 0 Å². The average Bonchev–Trinajstić information content (AvgIpc) is 2.83. The first kappa shape index (κ1) is 15.2. The van der Waals surface area contributed by atoms with Crippen LogP contribution in [0.5, 0.6) is 0 Å². The number of carbonyl (C=O) groups is 1. The molecule has 1 amide bonds. The number of nitrogens with zero attached hydrogens (tertiary/aromatic N) is 3. The highest BCUT2D eigenvalue weighted by atomic mass is 35.5. The van der Waals surface area contributed by atoms with Gasteiger partial charge in [0, 0.05) is 11.8 Å². The van der Waals surface area contributed by atoms with Gasteiger partial charge in [-0.1, -0.05) is 17.7 Å². The molecule has 3 aromatic rings. The van der Waals surface area contributed by atoms with Gasteiger partial charge >= 0.3 is 0 Å². The quantitative estimate of drug-likeness (QED) is 0.796. The van der Waals surface area contributed by atoms with Gasteiger partial charge in [-0.3, -0.25) is 4.79 Å². The minimum atomic E-state index is -0.207. The number of amides is 1. The summed E-state index contributed by atoms with van der Waals surface area (Å²) in [6.07, 6.45) is 1.63. The number of hydrogen-bond donors (Lipinski definition) is 1. The van der Waals surface area contributed by atoms with Crippen LogP contribution in [0.1, 0.15) is 21.7 Å². The van der Waals surface area contributed by atoms with Crippen LogP contribution in [0.25, 0.3) is 5.69 Å². The second-order valence-electron chi connectivity index (χ2n) is 5.11. The van der Waals surface area contributed by atoms with E-state index >= 15 is 0 Å². The molecule has 6 heteroatoms. The molecule has 0 bridgehead atoms. The second-order valence-corrected chi connectivity index (χ2v) is 5.49. The van der Waals surface area contributed by atoms with E-state index in [0.717, 1.165) is 17.1 Å². The topological polar surface area (TPSA) is 59.8 Å². The lowest BCUT2D eigenvalue weighted by Gasteiger charge is -2.07. The van der Waals surface area contributed by atoms with Crippen LogP contribution in [-0.2, 0) is 0 Å². The first-order chi connectivity index (χ1) is 11.1. The van der Waals surface area contributed by atoms with E-state index in [1.54, 1.807) is 35.1 Å². The molecule has 23 heavy (non-hydrogen) atoms. The summed E-state index contributed by atoms with van der Waals surface area (Å²) >= 11 is 6.17. The van der Waals surface area contributed by atoms with Crippen molar-refractivity contribution in [2.75, 3.05) is 5.32 Å². The number of carbonyl (C=O) groups excluding carboxylic acids is 1. The summed E-state index contributed by atoms with van der Waals surface area (Å²) in [7, 11) is 0. The van der Waals surface area contributed by atoms with Crippen molar-refractivity contribution in [3.63, 3.8) is 0 Å². The van der Waals surface area contributed by atoms with E-state index in [1.807, 2.05) is 32.0 Å². The monoisotopic (exact) mass is 326 g/mol. The van der Waals surface area contributed by atoms with Crippen LogP contribution in [0.4, 0.5) is 5.82 Å². The first-order valence-electron chi connectivity index (χ1n) is 7.11. The Labute approximate surface area is 138 Å². The Bertz CT molecular complexity index is 841. The molecule has 116 valence electrons. The molecule has 3 rings (SSSR count). The van der Waals surface area contributed by atoms with Crippen molar-refractivity contribution >= 4 is 23.3 Å². The minimum Gasteiger partial charge on any atom is -0.307 e. The Morgan fingerprint density at radius 1 is 1.13 bits per heavy atom. The molecule has 0 radical (unpaired) electrons. The summed E-state index contributed by atoms with van der Waals surface area (Å²) in [5.41, 5.74) is 3.05. The predicted molar refractivity (Wildman–Crippen MR) is 90.2 cm³/mol. The van der Waals surface area contributed by atoms with Crippen molar-refractivity contribution in [3.8, 4) is 5.69 Å². The summed E-state index contributed by atoms with van der Waals surface area (Å²) in [6, 6.07) is 12.5. The minimum absolute atomic E-state index is 0.207. The molecule has 2 aromatic heterocycles. The van der Waals surface area contributed by atoms with Gasteiger partial charge in [-0.15, -0.1) is 0 Å². The van der Waals surface area contributed by atoms with E-state index in [2.05, 4.69) is 15.4 Å². The molecule has 0 atom stereocenters. The van der Waals surface area contributed by atoms with Crippen molar-refractivity contribution in [1.29, 1.82) is 0 Å². The zero-order valence-electron chi connectivity index (χ0n) is 12.7. The standard InChI is InChI=1S/C17H15ClN4O/c1-11-16(18)12(2)22(21-11)14-8-6-13(7-9-14)17(23)20-15-5-3-4-10-19-15/h3-10H,1-2H3,(H,19,20,23). The number of aryl methyl sites for hydroxylation is 1. The molecule has 0 spiro atoms. The maximum atomic E-state index is 12.2. The third kappa shape index (κ3) is 3.10. The Morgan fingerprint density at radius 3 is 2.43 bits per heavy atom. The van der Waals surface area contributed by atoms with Gasteiger partial charge in [-0.25, -0.2) is 9.67 Å². The Kier molecular flexibility index (Phi) is 4.12. The van der Waals surface area contributed by atoms with Crippen LogP contribution in [-0.4, -0.2) is 20.7 Å². The average molecular weight is 327 g/mol. The molecule has 0 aliphatic heterocycles. The number of nitrogens with one attached hydrogen (secondary N) is 1. The molecule has 0 unspecified atom stereocenters. The molecule has 1 aromatic carbocycles. The molecule has 2 heterocycles. The molecular weight excluding hydrogens is 312 g/mol. The fourth-order valence-electron chi connectivity index (χ4n) is 2.25. The van der Waals surface area contributed by atoms with Crippen LogP contribution >= 0.6 is 11.6 Å². The van der Waals surface area contributed by atoms with Gasteiger partial charge in [0.25, 0.3) is 5.91 Å². The maximum absolute atomic E-state index is 12.2. The highest BCUT2D eigenvalue weighted by Gasteiger charge is 2.12. The van der Waals surface area contributed by atoms with Gasteiger partial charge in [-0.2, -0.15) is 5.10 Å². The molecule has 0 aliphatic rings. The summed E-state index contributed by atoms with van der Waals surface area (Å²) < 4.78 is 1.76. The number of anilines is 1. The molecular formula is C17H15ClN4O. The van der Waals surface area contributed by atoms with Gasteiger partial charge in [0.1, 0.15) is 5.82 Å². The smallest absolute Gasteiger partial charge is 0.256 e. The number of hydrogen-bond acceptors (Lipinski definition) is 3. The van der Waals surface area contributed by atoms with Crippen molar-refractivity contribution in [3.05, 3.63) is 70.6 Å². The van der Waals surface area contributed by atoms with Crippen LogP contribution in [0.2, 0.25) is 5.02 Å². The largest absolute Gasteiger partial charge is 0.307 e. The van der Waals surface area contributed by atoms with E-state index in [-0.39, 0.29) is 5.91 Å².